The highest BCUT2D eigenvalue weighted by atomic mass is 15.0. The van der Waals surface area contributed by atoms with Gasteiger partial charge in [0.25, 0.3) is 0 Å². The maximum absolute atomic E-state index is 3.86. The summed E-state index contributed by atoms with van der Waals surface area (Å²) in [6.45, 7) is 4.75. The smallest absolute Gasteiger partial charge is 0.0195 e. The van der Waals surface area contributed by atoms with E-state index in [1.165, 1.54) is 58.0 Å². The highest BCUT2D eigenvalue weighted by Crippen LogP contribution is 2.27. The fourth-order valence-electron chi connectivity index (χ4n) is 3.14. The molecular weight excluding hydrogens is 184 g/mol. The lowest BCUT2D eigenvalue weighted by molar-refractivity contribution is 0.246. The number of piperidine rings is 1. The van der Waals surface area contributed by atoms with Gasteiger partial charge in [-0.25, -0.2) is 0 Å². The summed E-state index contributed by atoms with van der Waals surface area (Å²) in [6, 6.07) is 1.56. The molecule has 2 rings (SSSR count). The Balaban J connectivity index is 1.72. The molecule has 0 amide bonds. The highest BCUT2D eigenvalue weighted by Gasteiger charge is 2.23. The molecule has 2 fully saturated rings. The first-order valence-electron chi connectivity index (χ1n) is 6.85. The Labute approximate surface area is 94.2 Å². The van der Waals surface area contributed by atoms with Crippen LogP contribution < -0.4 is 10.6 Å². The second-order valence-corrected chi connectivity index (χ2v) is 5.35. The average Bonchev–Trinajstić information content (AvgIpc) is 2.31. The zero-order valence-electron chi connectivity index (χ0n) is 10.1. The standard InChI is InChI=1S/C13H26N2/c1-2-11-5-3-6-12(9-11)15-13-7-4-8-14-10-13/h11-15H,2-10H2,1H3. The third-order valence-corrected chi connectivity index (χ3v) is 4.13. The predicted octanol–water partition coefficient (Wildman–Crippen LogP) is 2.30. The van der Waals surface area contributed by atoms with E-state index in [-0.39, 0.29) is 0 Å². The predicted molar refractivity (Wildman–Crippen MR) is 65.1 cm³/mol. The van der Waals surface area contributed by atoms with E-state index in [2.05, 4.69) is 17.6 Å². The molecule has 3 unspecified atom stereocenters. The fourth-order valence-corrected chi connectivity index (χ4v) is 3.14. The lowest BCUT2D eigenvalue weighted by atomic mass is 9.83. The molecule has 0 radical (unpaired) electrons. The summed E-state index contributed by atoms with van der Waals surface area (Å²) in [5.41, 5.74) is 0. The van der Waals surface area contributed by atoms with E-state index in [1.807, 2.05) is 0 Å². The van der Waals surface area contributed by atoms with E-state index in [9.17, 15) is 0 Å². The Bertz CT molecular complexity index is 175. The van der Waals surface area contributed by atoms with Crippen LogP contribution in [0.15, 0.2) is 0 Å². The minimum Gasteiger partial charge on any atom is -0.315 e. The lowest BCUT2D eigenvalue weighted by Crippen LogP contribution is -2.48. The quantitative estimate of drug-likeness (QED) is 0.747. The van der Waals surface area contributed by atoms with Crippen molar-refractivity contribution in [1.82, 2.24) is 10.6 Å². The van der Waals surface area contributed by atoms with Gasteiger partial charge in [-0.05, 0) is 38.1 Å². The summed E-state index contributed by atoms with van der Waals surface area (Å²) >= 11 is 0. The molecule has 1 saturated carbocycles. The highest BCUT2D eigenvalue weighted by molar-refractivity contribution is 4.83. The van der Waals surface area contributed by atoms with Crippen LogP contribution in [0.2, 0.25) is 0 Å². The van der Waals surface area contributed by atoms with Crippen LogP contribution in [0.25, 0.3) is 0 Å². The monoisotopic (exact) mass is 210 g/mol. The van der Waals surface area contributed by atoms with Crippen molar-refractivity contribution in [2.45, 2.75) is 64.0 Å². The first-order valence-corrected chi connectivity index (χ1v) is 6.85. The summed E-state index contributed by atoms with van der Waals surface area (Å²) in [5.74, 6) is 0.993. The minimum absolute atomic E-state index is 0.749. The number of hydrogen-bond acceptors (Lipinski definition) is 2. The summed E-state index contributed by atoms with van der Waals surface area (Å²) in [5, 5.41) is 7.35. The Morgan fingerprint density at radius 3 is 2.73 bits per heavy atom. The van der Waals surface area contributed by atoms with Crippen LogP contribution in [0.3, 0.4) is 0 Å². The Morgan fingerprint density at radius 1 is 1.13 bits per heavy atom. The average molecular weight is 210 g/mol. The first kappa shape index (κ1) is 11.4. The van der Waals surface area contributed by atoms with Gasteiger partial charge in [0.2, 0.25) is 0 Å². The van der Waals surface area contributed by atoms with Gasteiger partial charge in [-0.3, -0.25) is 0 Å². The van der Waals surface area contributed by atoms with E-state index in [4.69, 9.17) is 0 Å². The Morgan fingerprint density at radius 2 is 2.00 bits per heavy atom. The lowest BCUT2D eigenvalue weighted by Gasteiger charge is -2.34. The molecule has 2 heteroatoms. The van der Waals surface area contributed by atoms with Crippen molar-refractivity contribution >= 4 is 0 Å². The van der Waals surface area contributed by atoms with Crippen molar-refractivity contribution in [3.63, 3.8) is 0 Å². The zero-order chi connectivity index (χ0) is 10.5. The van der Waals surface area contributed by atoms with Gasteiger partial charge in [-0.2, -0.15) is 0 Å². The van der Waals surface area contributed by atoms with Crippen LogP contribution >= 0.6 is 0 Å². The van der Waals surface area contributed by atoms with E-state index in [1.54, 1.807) is 0 Å². The van der Waals surface area contributed by atoms with Gasteiger partial charge >= 0.3 is 0 Å². The molecule has 3 atom stereocenters. The van der Waals surface area contributed by atoms with Gasteiger partial charge in [0, 0.05) is 18.6 Å². The second-order valence-electron chi connectivity index (χ2n) is 5.35. The largest absolute Gasteiger partial charge is 0.315 e. The molecular formula is C13H26N2. The second kappa shape index (κ2) is 5.86. The van der Waals surface area contributed by atoms with Crippen molar-refractivity contribution in [2.75, 3.05) is 13.1 Å². The number of hydrogen-bond donors (Lipinski definition) is 2. The van der Waals surface area contributed by atoms with Crippen molar-refractivity contribution < 1.29 is 0 Å². The summed E-state index contributed by atoms with van der Waals surface area (Å²) < 4.78 is 0. The molecule has 1 aliphatic heterocycles. The Hall–Kier alpha value is -0.0800. The minimum atomic E-state index is 0.749. The Kier molecular flexibility index (Phi) is 4.45. The molecule has 15 heavy (non-hydrogen) atoms. The number of nitrogens with one attached hydrogen (secondary N) is 2. The van der Waals surface area contributed by atoms with E-state index in [0.29, 0.717) is 0 Å². The SMILES string of the molecule is CCC1CCCC(NC2CCCNC2)C1. The van der Waals surface area contributed by atoms with Crippen LogP contribution in [0, 0.1) is 5.92 Å². The maximum atomic E-state index is 3.86. The van der Waals surface area contributed by atoms with Crippen molar-refractivity contribution in [1.29, 1.82) is 0 Å². The van der Waals surface area contributed by atoms with Gasteiger partial charge in [0.1, 0.15) is 0 Å². The maximum Gasteiger partial charge on any atom is 0.0195 e. The van der Waals surface area contributed by atoms with Crippen molar-refractivity contribution in [2.24, 2.45) is 5.92 Å². The molecule has 0 bridgehead atoms. The van der Waals surface area contributed by atoms with Crippen LogP contribution in [0.5, 0.6) is 0 Å². The van der Waals surface area contributed by atoms with Gasteiger partial charge < -0.3 is 10.6 Å². The van der Waals surface area contributed by atoms with Crippen molar-refractivity contribution in [3.8, 4) is 0 Å². The third-order valence-electron chi connectivity index (χ3n) is 4.13. The molecule has 0 spiro atoms. The van der Waals surface area contributed by atoms with Crippen LogP contribution in [-0.2, 0) is 0 Å². The first-order chi connectivity index (χ1) is 7.38. The molecule has 2 aliphatic rings. The zero-order valence-corrected chi connectivity index (χ0v) is 10.1. The third kappa shape index (κ3) is 3.46. The molecule has 1 saturated heterocycles. The van der Waals surface area contributed by atoms with E-state index >= 15 is 0 Å². The van der Waals surface area contributed by atoms with E-state index in [0.717, 1.165) is 18.0 Å². The molecule has 0 aromatic rings. The van der Waals surface area contributed by atoms with E-state index < -0.39 is 0 Å². The molecule has 2 nitrogen and oxygen atoms in total. The van der Waals surface area contributed by atoms with Gasteiger partial charge in [0.05, 0.1) is 0 Å². The summed E-state index contributed by atoms with van der Waals surface area (Å²) in [6.07, 6.45) is 9.84. The topological polar surface area (TPSA) is 24.1 Å². The van der Waals surface area contributed by atoms with Gasteiger partial charge in [-0.15, -0.1) is 0 Å². The fraction of sp³-hybridized carbons (Fsp3) is 1.00. The molecule has 88 valence electrons. The normalized spacial score (nSPS) is 37.8. The molecule has 1 aliphatic carbocycles. The van der Waals surface area contributed by atoms with Gasteiger partial charge in [0.15, 0.2) is 0 Å². The molecule has 0 aromatic heterocycles. The summed E-state index contributed by atoms with van der Waals surface area (Å²) in [7, 11) is 0. The summed E-state index contributed by atoms with van der Waals surface area (Å²) in [4.78, 5) is 0. The molecule has 1 heterocycles. The molecule has 0 aromatic carbocycles. The van der Waals surface area contributed by atoms with Crippen molar-refractivity contribution in [3.05, 3.63) is 0 Å². The van der Waals surface area contributed by atoms with Gasteiger partial charge in [-0.1, -0.05) is 26.2 Å². The molecule has 2 N–H and O–H groups in total. The van der Waals surface area contributed by atoms with Crippen LogP contribution in [-0.4, -0.2) is 25.2 Å². The van der Waals surface area contributed by atoms with Crippen LogP contribution in [0.1, 0.15) is 51.9 Å². The van der Waals surface area contributed by atoms with Crippen LogP contribution in [0.4, 0.5) is 0 Å². The number of rotatable bonds is 3.